The Kier molecular flexibility index (Phi) is 3.06. The number of benzene rings is 1. The first kappa shape index (κ1) is 10.9. The fraction of sp³-hybridized carbons (Fsp3) is 0.308. The predicted octanol–water partition coefficient (Wildman–Crippen LogP) is 2.02. The van der Waals surface area contributed by atoms with Crippen molar-refractivity contribution in [2.24, 2.45) is 5.73 Å². The number of nitrogens with two attached hydrogens (primary N) is 1. The van der Waals surface area contributed by atoms with Crippen LogP contribution in [0.2, 0.25) is 0 Å². The molecule has 0 aliphatic carbocycles. The molecule has 0 bridgehead atoms. The second-order valence-corrected chi connectivity index (χ2v) is 3.99. The van der Waals surface area contributed by atoms with Gasteiger partial charge in [-0.25, -0.2) is 0 Å². The lowest BCUT2D eigenvalue weighted by atomic mass is 9.99. The van der Waals surface area contributed by atoms with Gasteiger partial charge in [0.25, 0.3) is 0 Å². The second kappa shape index (κ2) is 4.49. The molecule has 1 aromatic carbocycles. The van der Waals surface area contributed by atoms with Crippen LogP contribution in [0.4, 0.5) is 0 Å². The maximum absolute atomic E-state index is 11.5. The molecule has 0 spiro atoms. The standard InChI is InChI=1S/C13H16N2O/c1-2-13(16)11(14)8-9-4-3-5-12-10(9)6-7-15-12/h3-7,11,15H,2,8,14H2,1H3. The number of aromatic amines is 1. The van der Waals surface area contributed by atoms with Crippen molar-refractivity contribution in [1.29, 1.82) is 0 Å². The molecule has 3 heteroatoms. The van der Waals surface area contributed by atoms with Crippen molar-refractivity contribution in [3.05, 3.63) is 36.0 Å². The number of fused-ring (bicyclic) bond motifs is 1. The van der Waals surface area contributed by atoms with Crippen LogP contribution < -0.4 is 5.73 Å². The van der Waals surface area contributed by atoms with Crippen LogP contribution in [0.15, 0.2) is 30.5 Å². The minimum Gasteiger partial charge on any atom is -0.361 e. The van der Waals surface area contributed by atoms with Crippen molar-refractivity contribution < 1.29 is 4.79 Å². The molecule has 0 aliphatic heterocycles. The van der Waals surface area contributed by atoms with E-state index in [1.54, 1.807) is 0 Å². The van der Waals surface area contributed by atoms with Gasteiger partial charge in [-0.1, -0.05) is 19.1 Å². The average molecular weight is 216 g/mol. The molecule has 1 atom stereocenters. The van der Waals surface area contributed by atoms with Crippen LogP contribution in [0.1, 0.15) is 18.9 Å². The lowest BCUT2D eigenvalue weighted by Gasteiger charge is -2.10. The molecule has 0 radical (unpaired) electrons. The molecule has 0 aliphatic rings. The van der Waals surface area contributed by atoms with E-state index in [1.165, 1.54) is 0 Å². The van der Waals surface area contributed by atoms with Crippen LogP contribution in [-0.2, 0) is 11.2 Å². The molecular weight excluding hydrogens is 200 g/mol. The molecule has 1 heterocycles. The number of rotatable bonds is 4. The summed E-state index contributed by atoms with van der Waals surface area (Å²) >= 11 is 0. The Morgan fingerprint density at radius 2 is 2.25 bits per heavy atom. The number of H-pyrrole nitrogens is 1. The molecule has 1 unspecified atom stereocenters. The predicted molar refractivity (Wildman–Crippen MR) is 65.3 cm³/mol. The number of Topliss-reactive ketones (excluding diaryl/α,β-unsaturated/α-hetero) is 1. The highest BCUT2D eigenvalue weighted by Crippen LogP contribution is 2.18. The van der Waals surface area contributed by atoms with Crippen LogP contribution >= 0.6 is 0 Å². The number of ketones is 1. The summed E-state index contributed by atoms with van der Waals surface area (Å²) in [5, 5.41) is 1.15. The van der Waals surface area contributed by atoms with Crippen molar-refractivity contribution in [3.63, 3.8) is 0 Å². The van der Waals surface area contributed by atoms with E-state index in [0.29, 0.717) is 12.8 Å². The van der Waals surface area contributed by atoms with Crippen LogP contribution in [0.25, 0.3) is 10.9 Å². The Hall–Kier alpha value is -1.61. The minimum atomic E-state index is -0.384. The van der Waals surface area contributed by atoms with Gasteiger partial charge in [0.1, 0.15) is 5.78 Å². The van der Waals surface area contributed by atoms with E-state index < -0.39 is 0 Å². The summed E-state index contributed by atoms with van der Waals surface area (Å²) in [6.45, 7) is 1.85. The lowest BCUT2D eigenvalue weighted by molar-refractivity contribution is -0.119. The summed E-state index contributed by atoms with van der Waals surface area (Å²) in [4.78, 5) is 14.6. The van der Waals surface area contributed by atoms with Crippen molar-refractivity contribution in [2.75, 3.05) is 0 Å². The molecule has 1 aromatic heterocycles. The molecular formula is C13H16N2O. The van der Waals surface area contributed by atoms with E-state index in [1.807, 2.05) is 37.4 Å². The third kappa shape index (κ3) is 1.99. The zero-order valence-corrected chi connectivity index (χ0v) is 9.36. The SMILES string of the molecule is CCC(=O)C(N)Cc1cccc2[nH]ccc12. The minimum absolute atomic E-state index is 0.118. The van der Waals surface area contributed by atoms with Crippen LogP contribution in [0.3, 0.4) is 0 Å². The first-order chi connectivity index (χ1) is 7.72. The number of nitrogens with one attached hydrogen (secondary N) is 1. The van der Waals surface area contributed by atoms with Gasteiger partial charge in [-0.15, -0.1) is 0 Å². The Balaban J connectivity index is 2.27. The van der Waals surface area contributed by atoms with Gasteiger partial charge in [0.2, 0.25) is 0 Å². The molecule has 0 fully saturated rings. The molecule has 0 saturated heterocycles. The zero-order valence-electron chi connectivity index (χ0n) is 9.36. The molecule has 16 heavy (non-hydrogen) atoms. The number of carbonyl (C=O) groups is 1. The Morgan fingerprint density at radius 1 is 1.44 bits per heavy atom. The van der Waals surface area contributed by atoms with E-state index in [9.17, 15) is 4.79 Å². The summed E-state index contributed by atoms with van der Waals surface area (Å²) in [5.41, 5.74) is 8.08. The van der Waals surface area contributed by atoms with Crippen molar-refractivity contribution >= 4 is 16.7 Å². The monoisotopic (exact) mass is 216 g/mol. The molecule has 84 valence electrons. The van der Waals surface area contributed by atoms with Gasteiger partial charge in [-0.2, -0.15) is 0 Å². The van der Waals surface area contributed by atoms with E-state index in [4.69, 9.17) is 5.73 Å². The van der Waals surface area contributed by atoms with Crippen molar-refractivity contribution in [3.8, 4) is 0 Å². The quantitative estimate of drug-likeness (QED) is 0.821. The van der Waals surface area contributed by atoms with Gasteiger partial charge in [0, 0.05) is 23.5 Å². The molecule has 2 rings (SSSR count). The zero-order chi connectivity index (χ0) is 11.5. The smallest absolute Gasteiger partial charge is 0.149 e. The van der Waals surface area contributed by atoms with E-state index >= 15 is 0 Å². The van der Waals surface area contributed by atoms with Gasteiger partial charge in [0.15, 0.2) is 0 Å². The van der Waals surface area contributed by atoms with E-state index in [2.05, 4.69) is 4.98 Å². The van der Waals surface area contributed by atoms with Crippen molar-refractivity contribution in [1.82, 2.24) is 4.98 Å². The highest BCUT2D eigenvalue weighted by Gasteiger charge is 2.13. The number of carbonyl (C=O) groups excluding carboxylic acids is 1. The fourth-order valence-corrected chi connectivity index (χ4v) is 1.94. The normalized spacial score (nSPS) is 12.9. The number of hydrogen-bond acceptors (Lipinski definition) is 2. The third-order valence-corrected chi connectivity index (χ3v) is 2.89. The number of aromatic nitrogens is 1. The van der Waals surface area contributed by atoms with Crippen LogP contribution in [0, 0.1) is 0 Å². The topological polar surface area (TPSA) is 58.9 Å². The summed E-state index contributed by atoms with van der Waals surface area (Å²) in [6.07, 6.45) is 3.02. The summed E-state index contributed by atoms with van der Waals surface area (Å²) in [7, 11) is 0. The first-order valence-corrected chi connectivity index (χ1v) is 5.55. The highest BCUT2D eigenvalue weighted by molar-refractivity contribution is 5.86. The second-order valence-electron chi connectivity index (χ2n) is 3.99. The Labute approximate surface area is 94.6 Å². The van der Waals surface area contributed by atoms with Gasteiger partial charge in [0.05, 0.1) is 6.04 Å². The summed E-state index contributed by atoms with van der Waals surface area (Å²) in [6, 6.07) is 7.67. The van der Waals surface area contributed by atoms with Crippen LogP contribution in [0.5, 0.6) is 0 Å². The van der Waals surface area contributed by atoms with Crippen LogP contribution in [-0.4, -0.2) is 16.8 Å². The van der Waals surface area contributed by atoms with Gasteiger partial charge >= 0.3 is 0 Å². The molecule has 3 nitrogen and oxygen atoms in total. The molecule has 2 aromatic rings. The van der Waals surface area contributed by atoms with Gasteiger partial charge < -0.3 is 10.7 Å². The molecule has 3 N–H and O–H groups in total. The van der Waals surface area contributed by atoms with Crippen molar-refractivity contribution in [2.45, 2.75) is 25.8 Å². The maximum Gasteiger partial charge on any atom is 0.149 e. The van der Waals surface area contributed by atoms with E-state index in [-0.39, 0.29) is 11.8 Å². The first-order valence-electron chi connectivity index (χ1n) is 5.55. The third-order valence-electron chi connectivity index (χ3n) is 2.89. The lowest BCUT2D eigenvalue weighted by Crippen LogP contribution is -2.32. The fourth-order valence-electron chi connectivity index (χ4n) is 1.94. The molecule has 0 amide bonds. The highest BCUT2D eigenvalue weighted by atomic mass is 16.1. The van der Waals surface area contributed by atoms with Gasteiger partial charge in [-0.05, 0) is 24.1 Å². The maximum atomic E-state index is 11.5. The van der Waals surface area contributed by atoms with E-state index in [0.717, 1.165) is 16.5 Å². The number of hydrogen-bond donors (Lipinski definition) is 2. The summed E-state index contributed by atoms with van der Waals surface area (Å²) in [5.74, 6) is 0.118. The Bertz CT molecular complexity index is 501. The van der Waals surface area contributed by atoms with Gasteiger partial charge in [-0.3, -0.25) is 4.79 Å². The summed E-state index contributed by atoms with van der Waals surface area (Å²) < 4.78 is 0. The average Bonchev–Trinajstić information content (AvgIpc) is 2.77. The Morgan fingerprint density at radius 3 is 3.00 bits per heavy atom. The molecule has 0 saturated carbocycles. The largest absolute Gasteiger partial charge is 0.361 e.